The number of ether oxygens (including phenoxy) is 3. The van der Waals surface area contributed by atoms with Gasteiger partial charge in [0.25, 0.3) is 0 Å². The second-order valence-electron chi connectivity index (χ2n) is 7.47. The van der Waals surface area contributed by atoms with Gasteiger partial charge >= 0.3 is 17.9 Å². The summed E-state index contributed by atoms with van der Waals surface area (Å²) < 4.78 is 15.4. The van der Waals surface area contributed by atoms with Crippen LogP contribution >= 0.6 is 0 Å². The maximum absolute atomic E-state index is 13.2. The highest BCUT2D eigenvalue weighted by molar-refractivity contribution is 5.89. The molecule has 1 aromatic carbocycles. The fourth-order valence-electron chi connectivity index (χ4n) is 3.57. The number of esters is 3. The number of carbonyl (C=O) groups excluding carboxylic acids is 4. The van der Waals surface area contributed by atoms with Gasteiger partial charge in [-0.25, -0.2) is 4.79 Å². The highest BCUT2D eigenvalue weighted by atomic mass is 16.5. The molecule has 9 heteroatoms. The van der Waals surface area contributed by atoms with Gasteiger partial charge in [-0.2, -0.15) is 0 Å². The van der Waals surface area contributed by atoms with E-state index < -0.39 is 30.0 Å². The van der Waals surface area contributed by atoms with Crippen molar-refractivity contribution in [1.29, 1.82) is 0 Å². The number of hydrogen-bond acceptors (Lipinski definition) is 8. The largest absolute Gasteiger partial charge is 0.465 e. The lowest BCUT2D eigenvalue weighted by Crippen LogP contribution is -2.53. The van der Waals surface area contributed by atoms with Crippen molar-refractivity contribution in [2.75, 3.05) is 32.8 Å². The minimum atomic E-state index is -0.827. The lowest BCUT2D eigenvalue weighted by atomic mass is 10.2. The van der Waals surface area contributed by atoms with Gasteiger partial charge in [0.1, 0.15) is 12.6 Å². The average molecular weight is 449 g/mol. The SMILES string of the molecule is CCOC(=O)CN(CC(=O)OCC)C(C)C(=O)N1CCC[C@H]1C(=O)OCc1ccccc1. The van der Waals surface area contributed by atoms with Gasteiger partial charge in [-0.05, 0) is 39.2 Å². The second-order valence-corrected chi connectivity index (χ2v) is 7.47. The number of amides is 1. The Morgan fingerprint density at radius 2 is 1.59 bits per heavy atom. The summed E-state index contributed by atoms with van der Waals surface area (Å²) in [7, 11) is 0. The van der Waals surface area contributed by atoms with Crippen molar-refractivity contribution in [3.05, 3.63) is 35.9 Å². The summed E-state index contributed by atoms with van der Waals surface area (Å²) in [6.07, 6.45) is 1.17. The molecule has 0 radical (unpaired) electrons. The third-order valence-electron chi connectivity index (χ3n) is 5.21. The van der Waals surface area contributed by atoms with Gasteiger partial charge in [0.05, 0.1) is 32.3 Å². The summed E-state index contributed by atoms with van der Waals surface area (Å²) in [6.45, 7) is 5.40. The molecule has 9 nitrogen and oxygen atoms in total. The first-order valence-electron chi connectivity index (χ1n) is 10.9. The fourth-order valence-corrected chi connectivity index (χ4v) is 3.57. The van der Waals surface area contributed by atoms with E-state index in [1.807, 2.05) is 30.3 Å². The Bertz CT molecular complexity index is 764. The van der Waals surface area contributed by atoms with Crippen molar-refractivity contribution < 1.29 is 33.4 Å². The number of benzene rings is 1. The minimum absolute atomic E-state index is 0.131. The normalized spacial score (nSPS) is 16.5. The predicted molar refractivity (Wildman–Crippen MR) is 115 cm³/mol. The molecule has 1 unspecified atom stereocenters. The predicted octanol–water partition coefficient (Wildman–Crippen LogP) is 1.54. The van der Waals surface area contributed by atoms with Crippen LogP contribution < -0.4 is 0 Å². The first kappa shape index (κ1) is 25.3. The second kappa shape index (κ2) is 12.8. The van der Waals surface area contributed by atoms with E-state index in [0.29, 0.717) is 19.4 Å². The van der Waals surface area contributed by atoms with Crippen LogP contribution in [0.25, 0.3) is 0 Å². The summed E-state index contributed by atoms with van der Waals surface area (Å²) in [4.78, 5) is 52.8. The molecule has 1 amide bonds. The Kier molecular flexibility index (Phi) is 10.1. The molecule has 0 aliphatic carbocycles. The Morgan fingerprint density at radius 1 is 1.00 bits per heavy atom. The molecule has 1 aliphatic heterocycles. The van der Waals surface area contributed by atoms with Crippen molar-refractivity contribution in [3.8, 4) is 0 Å². The number of rotatable bonds is 11. The number of carbonyl (C=O) groups is 4. The van der Waals surface area contributed by atoms with Crippen LogP contribution in [0.3, 0.4) is 0 Å². The standard InChI is InChI=1S/C23H32N2O7/c1-4-30-20(26)14-24(15-21(27)31-5-2)17(3)22(28)25-13-9-12-19(25)23(29)32-16-18-10-7-6-8-11-18/h6-8,10-11,17,19H,4-5,9,12-16H2,1-3H3/t17?,19-/m0/s1. The van der Waals surface area contributed by atoms with Gasteiger partial charge in [-0.15, -0.1) is 0 Å². The van der Waals surface area contributed by atoms with Gasteiger partial charge < -0.3 is 19.1 Å². The maximum Gasteiger partial charge on any atom is 0.329 e. The summed E-state index contributed by atoms with van der Waals surface area (Å²) in [5.74, 6) is -1.90. The Morgan fingerprint density at radius 3 is 2.16 bits per heavy atom. The molecule has 2 atom stereocenters. The number of likely N-dealkylation sites (tertiary alicyclic amines) is 1. The third-order valence-corrected chi connectivity index (χ3v) is 5.21. The molecule has 1 saturated heterocycles. The molecular formula is C23H32N2O7. The van der Waals surface area contributed by atoms with Gasteiger partial charge in [-0.1, -0.05) is 30.3 Å². The van der Waals surface area contributed by atoms with Crippen molar-refractivity contribution in [2.24, 2.45) is 0 Å². The zero-order valence-electron chi connectivity index (χ0n) is 19.0. The highest BCUT2D eigenvalue weighted by Gasteiger charge is 2.39. The Balaban J connectivity index is 2.05. The van der Waals surface area contributed by atoms with Crippen LogP contribution in [0.1, 0.15) is 39.2 Å². The zero-order valence-corrected chi connectivity index (χ0v) is 19.0. The van der Waals surface area contributed by atoms with Crippen LogP contribution in [-0.2, 0) is 40.0 Å². The van der Waals surface area contributed by atoms with Crippen LogP contribution in [0.15, 0.2) is 30.3 Å². The van der Waals surface area contributed by atoms with E-state index in [9.17, 15) is 19.2 Å². The van der Waals surface area contributed by atoms with E-state index in [-0.39, 0.29) is 38.8 Å². The molecule has 0 aromatic heterocycles. The average Bonchev–Trinajstić information content (AvgIpc) is 3.27. The van der Waals surface area contributed by atoms with Gasteiger partial charge in [0.15, 0.2) is 0 Å². The van der Waals surface area contributed by atoms with E-state index in [2.05, 4.69) is 0 Å². The van der Waals surface area contributed by atoms with Crippen LogP contribution in [0, 0.1) is 0 Å². The Labute approximate surface area is 188 Å². The number of nitrogens with zero attached hydrogens (tertiary/aromatic N) is 2. The van der Waals surface area contributed by atoms with Crippen molar-refractivity contribution in [1.82, 2.24) is 9.80 Å². The molecule has 2 rings (SSSR count). The molecule has 1 aromatic rings. The van der Waals surface area contributed by atoms with Crippen LogP contribution in [0.4, 0.5) is 0 Å². The molecule has 0 N–H and O–H groups in total. The third kappa shape index (κ3) is 7.33. The summed E-state index contributed by atoms with van der Waals surface area (Å²) in [6, 6.07) is 7.79. The van der Waals surface area contributed by atoms with Gasteiger partial charge in [-0.3, -0.25) is 19.3 Å². The molecule has 0 bridgehead atoms. The quantitative estimate of drug-likeness (QED) is 0.371. The molecule has 1 fully saturated rings. The molecule has 1 aliphatic rings. The van der Waals surface area contributed by atoms with Crippen LogP contribution in [0.5, 0.6) is 0 Å². The van der Waals surface area contributed by atoms with Crippen LogP contribution in [0.2, 0.25) is 0 Å². The minimum Gasteiger partial charge on any atom is -0.465 e. The van der Waals surface area contributed by atoms with Crippen molar-refractivity contribution >= 4 is 23.8 Å². The van der Waals surface area contributed by atoms with Crippen molar-refractivity contribution in [2.45, 2.75) is 52.3 Å². The topological polar surface area (TPSA) is 102 Å². The molecule has 0 saturated carbocycles. The summed E-state index contributed by atoms with van der Waals surface area (Å²) >= 11 is 0. The summed E-state index contributed by atoms with van der Waals surface area (Å²) in [5, 5.41) is 0. The van der Waals surface area contributed by atoms with Gasteiger partial charge in [0, 0.05) is 6.54 Å². The molecule has 32 heavy (non-hydrogen) atoms. The van der Waals surface area contributed by atoms with E-state index in [1.165, 1.54) is 9.80 Å². The van der Waals surface area contributed by atoms with E-state index in [0.717, 1.165) is 5.56 Å². The lowest BCUT2D eigenvalue weighted by Gasteiger charge is -2.31. The number of hydrogen-bond donors (Lipinski definition) is 0. The van der Waals surface area contributed by atoms with Gasteiger partial charge in [0.2, 0.25) is 5.91 Å². The summed E-state index contributed by atoms with van der Waals surface area (Å²) in [5.41, 5.74) is 0.861. The molecule has 1 heterocycles. The lowest BCUT2D eigenvalue weighted by molar-refractivity contribution is -0.158. The molecule has 176 valence electrons. The first-order valence-corrected chi connectivity index (χ1v) is 10.9. The zero-order chi connectivity index (χ0) is 23.5. The molecule has 0 spiro atoms. The van der Waals surface area contributed by atoms with Crippen molar-refractivity contribution in [3.63, 3.8) is 0 Å². The van der Waals surface area contributed by atoms with Crippen LogP contribution in [-0.4, -0.2) is 78.5 Å². The smallest absolute Gasteiger partial charge is 0.329 e. The van der Waals surface area contributed by atoms with E-state index in [1.54, 1.807) is 20.8 Å². The Hall–Kier alpha value is -2.94. The highest BCUT2D eigenvalue weighted by Crippen LogP contribution is 2.21. The van der Waals surface area contributed by atoms with E-state index in [4.69, 9.17) is 14.2 Å². The van der Waals surface area contributed by atoms with E-state index >= 15 is 0 Å². The monoisotopic (exact) mass is 448 g/mol. The molecular weight excluding hydrogens is 416 g/mol. The maximum atomic E-state index is 13.2. The fraction of sp³-hybridized carbons (Fsp3) is 0.565. The first-order chi connectivity index (χ1) is 15.4.